The van der Waals surface area contributed by atoms with Crippen LogP contribution in [0.25, 0.3) is 0 Å². The number of nitrogens with zero attached hydrogens (tertiary/aromatic N) is 2. The summed E-state index contributed by atoms with van der Waals surface area (Å²) in [5.74, 6) is 0.322. The molecular formula is C23H22Cl2N2O. The first-order valence-corrected chi connectivity index (χ1v) is 10.2. The lowest BCUT2D eigenvalue weighted by Crippen LogP contribution is -2.48. The number of piperazine rings is 1. The molecule has 0 radical (unpaired) electrons. The number of anilines is 1. The second-order valence-corrected chi connectivity index (χ2v) is 7.89. The zero-order valence-electron chi connectivity index (χ0n) is 15.4. The van der Waals surface area contributed by atoms with Crippen molar-refractivity contribution < 1.29 is 5.11 Å². The van der Waals surface area contributed by atoms with E-state index < -0.39 is 0 Å². The third kappa shape index (κ3) is 4.12. The molecule has 3 aromatic rings. The van der Waals surface area contributed by atoms with Gasteiger partial charge in [-0.3, -0.25) is 4.90 Å². The summed E-state index contributed by atoms with van der Waals surface area (Å²) in [6.07, 6.45) is 0. The summed E-state index contributed by atoms with van der Waals surface area (Å²) < 4.78 is 0. The molecule has 0 amide bonds. The predicted molar refractivity (Wildman–Crippen MR) is 117 cm³/mol. The normalized spacial score (nSPS) is 16.1. The van der Waals surface area contributed by atoms with E-state index in [4.69, 9.17) is 23.2 Å². The van der Waals surface area contributed by atoms with Gasteiger partial charge >= 0.3 is 0 Å². The number of benzene rings is 3. The van der Waals surface area contributed by atoms with Gasteiger partial charge in [-0.25, -0.2) is 0 Å². The molecule has 1 unspecified atom stereocenters. The Morgan fingerprint density at radius 1 is 0.714 bits per heavy atom. The molecule has 1 aliphatic heterocycles. The molecule has 1 heterocycles. The number of para-hydroxylation sites is 1. The molecule has 4 rings (SSSR count). The number of phenols is 1. The van der Waals surface area contributed by atoms with Gasteiger partial charge in [0.15, 0.2) is 0 Å². The highest BCUT2D eigenvalue weighted by atomic mass is 35.5. The maximum absolute atomic E-state index is 10.5. The molecule has 5 heteroatoms. The molecule has 0 bridgehead atoms. The topological polar surface area (TPSA) is 26.7 Å². The number of aromatic hydroxyl groups is 1. The Hall–Kier alpha value is -2.20. The fourth-order valence-corrected chi connectivity index (χ4v) is 4.09. The largest absolute Gasteiger partial charge is 0.508 e. The maximum atomic E-state index is 10.5. The van der Waals surface area contributed by atoms with Crippen molar-refractivity contribution in [3.05, 3.63) is 94.0 Å². The number of halogens is 2. The fourth-order valence-electron chi connectivity index (χ4n) is 3.84. The minimum atomic E-state index is -0.00849. The quantitative estimate of drug-likeness (QED) is 0.602. The Labute approximate surface area is 175 Å². The lowest BCUT2D eigenvalue weighted by Gasteiger charge is -2.40. The van der Waals surface area contributed by atoms with E-state index in [0.717, 1.165) is 42.3 Å². The second-order valence-electron chi connectivity index (χ2n) is 7.01. The first kappa shape index (κ1) is 19.1. The monoisotopic (exact) mass is 412 g/mol. The molecule has 3 aromatic carbocycles. The van der Waals surface area contributed by atoms with Crippen molar-refractivity contribution in [1.29, 1.82) is 0 Å². The van der Waals surface area contributed by atoms with Crippen LogP contribution in [0.2, 0.25) is 10.0 Å². The Morgan fingerprint density at radius 2 is 1.29 bits per heavy atom. The standard InChI is InChI=1S/C23H22Cl2N2O/c24-18-7-5-17(6-8-18)23(21-3-1-2-4-22(21)28)27-15-13-26(14-16-27)20-11-9-19(25)10-12-20/h1-12,23,28H,13-16H2. The number of hydrogen-bond donors (Lipinski definition) is 1. The van der Waals surface area contributed by atoms with Gasteiger partial charge in [-0.15, -0.1) is 0 Å². The van der Waals surface area contributed by atoms with Crippen LogP contribution in [0.3, 0.4) is 0 Å². The summed E-state index contributed by atoms with van der Waals surface area (Å²) in [6.45, 7) is 3.62. The minimum absolute atomic E-state index is 0.00849. The van der Waals surface area contributed by atoms with Crippen molar-refractivity contribution in [2.75, 3.05) is 31.1 Å². The summed E-state index contributed by atoms with van der Waals surface area (Å²) in [6, 6.07) is 23.5. The van der Waals surface area contributed by atoms with Crippen molar-refractivity contribution >= 4 is 28.9 Å². The molecule has 1 atom stereocenters. The average Bonchev–Trinajstić information content (AvgIpc) is 2.72. The van der Waals surface area contributed by atoms with E-state index in [9.17, 15) is 5.11 Å². The Kier molecular flexibility index (Phi) is 5.77. The third-order valence-electron chi connectivity index (χ3n) is 5.29. The van der Waals surface area contributed by atoms with Crippen LogP contribution in [0.15, 0.2) is 72.8 Å². The molecule has 1 saturated heterocycles. The smallest absolute Gasteiger partial charge is 0.120 e. The first-order chi connectivity index (χ1) is 13.6. The van der Waals surface area contributed by atoms with Gasteiger partial charge in [-0.2, -0.15) is 0 Å². The van der Waals surface area contributed by atoms with Crippen molar-refractivity contribution in [3.63, 3.8) is 0 Å². The lowest BCUT2D eigenvalue weighted by molar-refractivity contribution is 0.209. The molecule has 0 saturated carbocycles. The molecule has 144 valence electrons. The number of rotatable bonds is 4. The molecule has 0 aromatic heterocycles. The first-order valence-electron chi connectivity index (χ1n) is 9.40. The number of hydrogen-bond acceptors (Lipinski definition) is 3. The summed E-state index contributed by atoms with van der Waals surface area (Å²) >= 11 is 12.1. The Bertz CT molecular complexity index is 920. The van der Waals surface area contributed by atoms with Gasteiger partial charge < -0.3 is 10.0 Å². The van der Waals surface area contributed by atoms with E-state index in [1.807, 2.05) is 54.6 Å². The predicted octanol–water partition coefficient (Wildman–Crippen LogP) is 5.61. The minimum Gasteiger partial charge on any atom is -0.508 e. The fraction of sp³-hybridized carbons (Fsp3) is 0.217. The highest BCUT2D eigenvalue weighted by Gasteiger charge is 2.28. The van der Waals surface area contributed by atoms with Crippen LogP contribution in [0.1, 0.15) is 17.2 Å². The van der Waals surface area contributed by atoms with Crippen LogP contribution >= 0.6 is 23.2 Å². The van der Waals surface area contributed by atoms with Gasteiger partial charge in [0.2, 0.25) is 0 Å². The van der Waals surface area contributed by atoms with E-state index in [0.29, 0.717) is 10.8 Å². The Morgan fingerprint density at radius 3 is 1.89 bits per heavy atom. The molecule has 3 nitrogen and oxygen atoms in total. The maximum Gasteiger partial charge on any atom is 0.120 e. The van der Waals surface area contributed by atoms with Crippen LogP contribution in [-0.2, 0) is 0 Å². The van der Waals surface area contributed by atoms with Crippen molar-refractivity contribution in [3.8, 4) is 5.75 Å². The summed E-state index contributed by atoms with van der Waals surface area (Å²) in [7, 11) is 0. The van der Waals surface area contributed by atoms with Gasteiger partial charge in [0.25, 0.3) is 0 Å². The highest BCUT2D eigenvalue weighted by Crippen LogP contribution is 2.35. The van der Waals surface area contributed by atoms with Crippen LogP contribution < -0.4 is 4.90 Å². The zero-order valence-corrected chi connectivity index (χ0v) is 16.9. The second kappa shape index (κ2) is 8.44. The van der Waals surface area contributed by atoms with Crippen LogP contribution in [-0.4, -0.2) is 36.2 Å². The van der Waals surface area contributed by atoms with E-state index in [-0.39, 0.29) is 6.04 Å². The summed E-state index contributed by atoms with van der Waals surface area (Å²) in [5, 5.41) is 12.0. The van der Waals surface area contributed by atoms with Gasteiger partial charge in [-0.05, 0) is 48.0 Å². The van der Waals surface area contributed by atoms with Gasteiger partial charge in [0.1, 0.15) is 5.75 Å². The third-order valence-corrected chi connectivity index (χ3v) is 5.79. The van der Waals surface area contributed by atoms with E-state index >= 15 is 0 Å². The van der Waals surface area contributed by atoms with Crippen LogP contribution in [0.5, 0.6) is 5.75 Å². The average molecular weight is 413 g/mol. The van der Waals surface area contributed by atoms with Gasteiger partial charge in [-0.1, -0.05) is 53.5 Å². The molecular weight excluding hydrogens is 391 g/mol. The van der Waals surface area contributed by atoms with E-state index in [2.05, 4.69) is 21.9 Å². The van der Waals surface area contributed by atoms with Gasteiger partial charge in [0.05, 0.1) is 6.04 Å². The molecule has 0 aliphatic carbocycles. The SMILES string of the molecule is Oc1ccccc1C(c1ccc(Cl)cc1)N1CCN(c2ccc(Cl)cc2)CC1. The van der Waals surface area contributed by atoms with Crippen molar-refractivity contribution in [2.45, 2.75) is 6.04 Å². The molecule has 1 fully saturated rings. The molecule has 0 spiro atoms. The molecule has 28 heavy (non-hydrogen) atoms. The van der Waals surface area contributed by atoms with Gasteiger partial charge in [0, 0.05) is 47.5 Å². The van der Waals surface area contributed by atoms with Crippen molar-refractivity contribution in [2.24, 2.45) is 0 Å². The summed E-state index contributed by atoms with van der Waals surface area (Å²) in [5.41, 5.74) is 3.24. The molecule has 1 N–H and O–H groups in total. The zero-order chi connectivity index (χ0) is 19.5. The van der Waals surface area contributed by atoms with E-state index in [1.54, 1.807) is 6.07 Å². The van der Waals surface area contributed by atoms with Crippen molar-refractivity contribution in [1.82, 2.24) is 4.90 Å². The summed E-state index contributed by atoms with van der Waals surface area (Å²) in [4.78, 5) is 4.79. The van der Waals surface area contributed by atoms with E-state index in [1.165, 1.54) is 5.69 Å². The van der Waals surface area contributed by atoms with Crippen LogP contribution in [0, 0.1) is 0 Å². The number of phenolic OH excluding ortho intramolecular Hbond substituents is 1. The van der Waals surface area contributed by atoms with Crippen LogP contribution in [0.4, 0.5) is 5.69 Å². The highest BCUT2D eigenvalue weighted by molar-refractivity contribution is 6.30. The lowest BCUT2D eigenvalue weighted by atomic mass is 9.95. The molecule has 1 aliphatic rings. The Balaban J connectivity index is 1.58.